The highest BCUT2D eigenvalue weighted by Crippen LogP contribution is 2.31. The van der Waals surface area contributed by atoms with Crippen LogP contribution in [0.2, 0.25) is 5.02 Å². The smallest absolute Gasteiger partial charge is 0.243 e. The van der Waals surface area contributed by atoms with Crippen molar-refractivity contribution in [3.63, 3.8) is 0 Å². The van der Waals surface area contributed by atoms with E-state index in [-0.39, 0.29) is 23.2 Å². The van der Waals surface area contributed by atoms with Crippen LogP contribution in [0.4, 0.5) is 5.69 Å². The molecule has 0 atom stereocenters. The van der Waals surface area contributed by atoms with Crippen molar-refractivity contribution in [3.8, 4) is 11.4 Å². The van der Waals surface area contributed by atoms with E-state index in [4.69, 9.17) is 16.1 Å². The Kier molecular flexibility index (Phi) is 5.35. The molecule has 10 heteroatoms. The molecule has 1 amide bonds. The molecule has 4 rings (SSSR count). The van der Waals surface area contributed by atoms with E-state index in [9.17, 15) is 13.2 Å². The van der Waals surface area contributed by atoms with Crippen molar-refractivity contribution in [2.45, 2.75) is 24.8 Å². The highest BCUT2D eigenvalue weighted by molar-refractivity contribution is 7.89. The van der Waals surface area contributed by atoms with Crippen molar-refractivity contribution in [2.24, 2.45) is 0 Å². The zero-order valence-corrected chi connectivity index (χ0v) is 17.9. The van der Waals surface area contributed by atoms with Crippen molar-refractivity contribution >= 4 is 33.2 Å². The first-order valence-corrected chi connectivity index (χ1v) is 11.0. The zero-order chi connectivity index (χ0) is 21.5. The van der Waals surface area contributed by atoms with Crippen molar-refractivity contribution in [1.29, 1.82) is 0 Å². The van der Waals surface area contributed by atoms with Crippen LogP contribution >= 0.6 is 11.6 Å². The summed E-state index contributed by atoms with van der Waals surface area (Å²) in [6.07, 6.45) is 0.618. The van der Waals surface area contributed by atoms with Crippen LogP contribution in [0.1, 0.15) is 18.4 Å². The van der Waals surface area contributed by atoms with Crippen LogP contribution in [0.3, 0.4) is 0 Å². The number of nitrogens with zero attached hydrogens (tertiary/aromatic N) is 4. The summed E-state index contributed by atoms with van der Waals surface area (Å²) in [5.41, 5.74) is 2.19. The van der Waals surface area contributed by atoms with Gasteiger partial charge in [0.05, 0.1) is 16.5 Å². The van der Waals surface area contributed by atoms with Gasteiger partial charge < -0.3 is 9.42 Å². The number of benzene rings is 2. The SMILES string of the molecule is CC(=O)N1CCc2cc(S(=O)(=O)N(C)Cc3nc(-c4ccccc4Cl)no3)ccc21. The molecule has 0 saturated heterocycles. The molecule has 1 aliphatic heterocycles. The molecule has 2 heterocycles. The summed E-state index contributed by atoms with van der Waals surface area (Å²) in [6.45, 7) is 1.96. The van der Waals surface area contributed by atoms with E-state index in [2.05, 4.69) is 10.1 Å². The molecular formula is C20H19ClN4O4S. The van der Waals surface area contributed by atoms with Gasteiger partial charge in [0.1, 0.15) is 0 Å². The van der Waals surface area contributed by atoms with Crippen molar-refractivity contribution in [3.05, 3.63) is 58.9 Å². The van der Waals surface area contributed by atoms with Crippen LogP contribution in [0, 0.1) is 0 Å². The Bertz CT molecular complexity index is 1230. The van der Waals surface area contributed by atoms with Crippen LogP contribution in [0.25, 0.3) is 11.4 Å². The Balaban J connectivity index is 1.55. The second-order valence-electron chi connectivity index (χ2n) is 6.96. The number of hydrogen-bond donors (Lipinski definition) is 0. The van der Waals surface area contributed by atoms with E-state index < -0.39 is 10.0 Å². The minimum atomic E-state index is -3.78. The Morgan fingerprint density at radius 2 is 2.03 bits per heavy atom. The number of aromatic nitrogens is 2. The highest BCUT2D eigenvalue weighted by atomic mass is 35.5. The maximum atomic E-state index is 13.0. The van der Waals surface area contributed by atoms with E-state index in [1.54, 1.807) is 41.3 Å². The first-order chi connectivity index (χ1) is 14.3. The third-order valence-electron chi connectivity index (χ3n) is 4.98. The molecule has 0 aliphatic carbocycles. The lowest BCUT2D eigenvalue weighted by molar-refractivity contribution is -0.116. The largest absolute Gasteiger partial charge is 0.338 e. The van der Waals surface area contributed by atoms with Crippen LogP contribution in [-0.4, -0.2) is 42.4 Å². The van der Waals surface area contributed by atoms with Gasteiger partial charge >= 0.3 is 0 Å². The summed E-state index contributed by atoms with van der Waals surface area (Å²) in [4.78, 5) is 17.8. The van der Waals surface area contributed by atoms with E-state index >= 15 is 0 Å². The maximum absolute atomic E-state index is 13.0. The molecule has 0 unspecified atom stereocenters. The third kappa shape index (κ3) is 3.71. The molecule has 0 saturated carbocycles. The summed E-state index contributed by atoms with van der Waals surface area (Å²) in [6, 6.07) is 11.9. The van der Waals surface area contributed by atoms with E-state index in [1.165, 1.54) is 20.0 Å². The number of anilines is 1. The molecule has 30 heavy (non-hydrogen) atoms. The number of amides is 1. The van der Waals surface area contributed by atoms with Gasteiger partial charge in [-0.05, 0) is 42.3 Å². The molecule has 156 valence electrons. The predicted molar refractivity (Wildman–Crippen MR) is 112 cm³/mol. The summed E-state index contributed by atoms with van der Waals surface area (Å²) >= 11 is 6.15. The summed E-state index contributed by atoms with van der Waals surface area (Å²) in [5, 5.41) is 4.37. The quantitative estimate of drug-likeness (QED) is 0.597. The summed E-state index contributed by atoms with van der Waals surface area (Å²) in [5.74, 6) is 0.385. The number of rotatable bonds is 5. The Hall–Kier alpha value is -2.75. The Labute approximate surface area is 179 Å². The van der Waals surface area contributed by atoms with E-state index in [1.807, 2.05) is 0 Å². The van der Waals surface area contributed by atoms with Crippen LogP contribution < -0.4 is 4.90 Å². The van der Waals surface area contributed by atoms with Gasteiger partial charge in [-0.2, -0.15) is 9.29 Å². The molecule has 0 bridgehead atoms. The molecule has 8 nitrogen and oxygen atoms in total. The van der Waals surface area contributed by atoms with Crippen molar-refractivity contribution < 1.29 is 17.7 Å². The predicted octanol–water partition coefficient (Wildman–Crippen LogP) is 3.12. The molecular weight excluding hydrogens is 428 g/mol. The van der Waals surface area contributed by atoms with Gasteiger partial charge in [-0.25, -0.2) is 8.42 Å². The second-order valence-corrected chi connectivity index (χ2v) is 9.42. The lowest BCUT2D eigenvalue weighted by Gasteiger charge is -2.17. The highest BCUT2D eigenvalue weighted by Gasteiger charge is 2.28. The summed E-state index contributed by atoms with van der Waals surface area (Å²) in [7, 11) is -2.34. The first kappa shape index (κ1) is 20.5. The number of halogens is 1. The Morgan fingerprint density at radius 3 is 2.77 bits per heavy atom. The van der Waals surface area contributed by atoms with Crippen LogP contribution in [-0.2, 0) is 27.8 Å². The molecule has 0 N–H and O–H groups in total. The molecule has 0 fully saturated rings. The van der Waals surface area contributed by atoms with E-state index in [0.717, 1.165) is 15.6 Å². The van der Waals surface area contributed by atoms with Gasteiger partial charge in [-0.15, -0.1) is 0 Å². The molecule has 0 spiro atoms. The van der Waals surface area contributed by atoms with Gasteiger partial charge in [-0.3, -0.25) is 4.79 Å². The normalized spacial score (nSPS) is 13.7. The Morgan fingerprint density at radius 1 is 1.27 bits per heavy atom. The van der Waals surface area contributed by atoms with Crippen LogP contribution in [0.15, 0.2) is 51.9 Å². The fourth-order valence-electron chi connectivity index (χ4n) is 3.39. The number of sulfonamides is 1. The number of carbonyl (C=O) groups is 1. The van der Waals surface area contributed by atoms with Gasteiger partial charge in [0.2, 0.25) is 27.6 Å². The van der Waals surface area contributed by atoms with Gasteiger partial charge in [0.25, 0.3) is 0 Å². The molecule has 0 radical (unpaired) electrons. The minimum absolute atomic E-state index is 0.0628. The minimum Gasteiger partial charge on any atom is -0.338 e. The lowest BCUT2D eigenvalue weighted by Crippen LogP contribution is -2.27. The van der Waals surface area contributed by atoms with Crippen LogP contribution in [0.5, 0.6) is 0 Å². The number of fused-ring (bicyclic) bond motifs is 1. The van der Waals surface area contributed by atoms with E-state index in [0.29, 0.717) is 29.4 Å². The third-order valence-corrected chi connectivity index (χ3v) is 7.10. The molecule has 3 aromatic rings. The van der Waals surface area contributed by atoms with Crippen molar-refractivity contribution in [1.82, 2.24) is 14.4 Å². The zero-order valence-electron chi connectivity index (χ0n) is 16.4. The van der Waals surface area contributed by atoms with Gasteiger partial charge in [0.15, 0.2) is 0 Å². The standard InChI is InChI=1S/C20H19ClN4O4S/c1-13(26)25-10-9-14-11-15(7-8-18(14)25)30(27,28)24(2)12-19-22-20(23-29-19)16-5-3-4-6-17(16)21/h3-8,11H,9-10,12H2,1-2H3. The maximum Gasteiger partial charge on any atom is 0.243 e. The average molecular weight is 447 g/mol. The van der Waals surface area contributed by atoms with Gasteiger partial charge in [0, 0.05) is 31.8 Å². The number of carbonyl (C=O) groups excluding carboxylic acids is 1. The lowest BCUT2D eigenvalue weighted by atomic mass is 10.2. The fourth-order valence-corrected chi connectivity index (χ4v) is 4.78. The first-order valence-electron chi connectivity index (χ1n) is 9.22. The average Bonchev–Trinajstić information content (AvgIpc) is 3.34. The molecule has 1 aromatic heterocycles. The van der Waals surface area contributed by atoms with Crippen molar-refractivity contribution in [2.75, 3.05) is 18.5 Å². The fraction of sp³-hybridized carbons (Fsp3) is 0.250. The summed E-state index contributed by atoms with van der Waals surface area (Å²) < 4.78 is 32.4. The molecule has 2 aromatic carbocycles. The topological polar surface area (TPSA) is 96.6 Å². The monoisotopic (exact) mass is 446 g/mol. The number of hydrogen-bond acceptors (Lipinski definition) is 6. The second kappa shape index (κ2) is 7.82. The van der Waals surface area contributed by atoms with Gasteiger partial charge in [-0.1, -0.05) is 28.9 Å². The molecule has 1 aliphatic rings.